The summed E-state index contributed by atoms with van der Waals surface area (Å²) in [5.74, 6) is 0.248. The van der Waals surface area contributed by atoms with Crippen LogP contribution in [0, 0.1) is 0 Å². The van der Waals surface area contributed by atoms with Crippen molar-refractivity contribution in [3.05, 3.63) is 29.8 Å². The average Bonchev–Trinajstić information content (AvgIpc) is 2.45. The van der Waals surface area contributed by atoms with Gasteiger partial charge in [0, 0.05) is 12.6 Å². The molecule has 14 heavy (non-hydrogen) atoms. The molecule has 0 radical (unpaired) electrons. The van der Waals surface area contributed by atoms with Crippen molar-refractivity contribution >= 4 is 0 Å². The third kappa shape index (κ3) is 1.73. The van der Waals surface area contributed by atoms with Gasteiger partial charge < -0.3 is 5.11 Å². The van der Waals surface area contributed by atoms with Gasteiger partial charge in [0.05, 0.1) is 0 Å². The highest BCUT2D eigenvalue weighted by molar-refractivity contribution is 5.30. The molecule has 0 aliphatic carbocycles. The Morgan fingerprint density at radius 1 is 1.50 bits per heavy atom. The van der Waals surface area contributed by atoms with Gasteiger partial charge in [-0.05, 0) is 31.2 Å². The first-order chi connectivity index (χ1) is 6.66. The predicted molar refractivity (Wildman–Crippen MR) is 53.0 cm³/mol. The second kappa shape index (κ2) is 3.58. The van der Waals surface area contributed by atoms with Gasteiger partial charge in [0.15, 0.2) is 0 Å². The number of hydrogen-bond acceptors (Lipinski definition) is 2. The molecule has 1 aliphatic rings. The number of halogens is 1. The Kier molecular flexibility index (Phi) is 2.42. The van der Waals surface area contributed by atoms with E-state index in [9.17, 15) is 9.50 Å². The molecule has 1 fully saturated rings. The number of benzene rings is 1. The topological polar surface area (TPSA) is 23.5 Å². The van der Waals surface area contributed by atoms with E-state index in [2.05, 4.69) is 0 Å². The highest BCUT2D eigenvalue weighted by atomic mass is 19.1. The predicted octanol–water partition coefficient (Wildman–Crippen LogP) is 2.11. The minimum absolute atomic E-state index is 0.108. The Hall–Kier alpha value is -1.09. The van der Waals surface area contributed by atoms with Crippen molar-refractivity contribution in [3.63, 3.8) is 0 Å². The molecule has 2 atom stereocenters. The van der Waals surface area contributed by atoms with Crippen LogP contribution in [0.15, 0.2) is 24.3 Å². The molecule has 0 saturated carbocycles. The molecule has 0 aromatic heterocycles. The lowest BCUT2D eigenvalue weighted by molar-refractivity contribution is 0.297. The van der Waals surface area contributed by atoms with E-state index in [1.54, 1.807) is 18.2 Å². The summed E-state index contributed by atoms with van der Waals surface area (Å²) in [5, 5.41) is 9.31. The van der Waals surface area contributed by atoms with Crippen molar-refractivity contribution in [2.75, 3.05) is 13.6 Å². The van der Waals surface area contributed by atoms with Crippen LogP contribution < -0.4 is 0 Å². The van der Waals surface area contributed by atoms with E-state index in [0.717, 1.165) is 5.56 Å². The zero-order chi connectivity index (χ0) is 10.1. The van der Waals surface area contributed by atoms with E-state index in [4.69, 9.17) is 0 Å². The van der Waals surface area contributed by atoms with Crippen LogP contribution in [0.1, 0.15) is 18.0 Å². The normalized spacial score (nSPS) is 28.1. The van der Waals surface area contributed by atoms with Crippen molar-refractivity contribution < 1.29 is 9.50 Å². The van der Waals surface area contributed by atoms with Crippen molar-refractivity contribution in [1.82, 2.24) is 4.90 Å². The van der Waals surface area contributed by atoms with E-state index < -0.39 is 6.17 Å². The monoisotopic (exact) mass is 195 g/mol. The van der Waals surface area contributed by atoms with Gasteiger partial charge in [-0.15, -0.1) is 0 Å². The van der Waals surface area contributed by atoms with Gasteiger partial charge in [0.25, 0.3) is 0 Å². The minimum Gasteiger partial charge on any atom is -0.508 e. The lowest BCUT2D eigenvalue weighted by atomic mass is 10.0. The number of phenols is 1. The molecule has 1 N–H and O–H groups in total. The van der Waals surface area contributed by atoms with E-state index >= 15 is 0 Å². The van der Waals surface area contributed by atoms with Crippen LogP contribution in [0.2, 0.25) is 0 Å². The summed E-state index contributed by atoms with van der Waals surface area (Å²) in [5.41, 5.74) is 0.993. The molecule has 3 heteroatoms. The van der Waals surface area contributed by atoms with Crippen molar-refractivity contribution in [1.29, 1.82) is 0 Å². The maximum Gasteiger partial charge on any atom is 0.115 e. The molecule has 1 aliphatic heterocycles. The lowest BCUT2D eigenvalue weighted by Crippen LogP contribution is -2.18. The lowest BCUT2D eigenvalue weighted by Gasteiger charge is -2.19. The standard InChI is InChI=1S/C11H14FNO/c1-13-7-9(12)6-11(13)8-3-2-4-10(14)5-8/h2-5,9,11,14H,6-7H2,1H3. The van der Waals surface area contributed by atoms with E-state index in [-0.39, 0.29) is 11.8 Å². The van der Waals surface area contributed by atoms with Crippen molar-refractivity contribution in [2.45, 2.75) is 18.6 Å². The van der Waals surface area contributed by atoms with Crippen molar-refractivity contribution in [3.8, 4) is 5.75 Å². The van der Waals surface area contributed by atoms with Gasteiger partial charge in [0.1, 0.15) is 11.9 Å². The first-order valence-corrected chi connectivity index (χ1v) is 4.80. The molecule has 1 saturated heterocycles. The zero-order valence-corrected chi connectivity index (χ0v) is 8.15. The van der Waals surface area contributed by atoms with Crippen LogP contribution in [-0.2, 0) is 0 Å². The van der Waals surface area contributed by atoms with Gasteiger partial charge in [-0.1, -0.05) is 12.1 Å². The number of rotatable bonds is 1. The quantitative estimate of drug-likeness (QED) is 0.741. The number of nitrogens with zero attached hydrogens (tertiary/aromatic N) is 1. The Morgan fingerprint density at radius 3 is 2.86 bits per heavy atom. The van der Waals surface area contributed by atoms with Crippen LogP contribution in [-0.4, -0.2) is 29.8 Å². The minimum atomic E-state index is -0.743. The van der Waals surface area contributed by atoms with Gasteiger partial charge in [-0.2, -0.15) is 0 Å². The first kappa shape index (κ1) is 9.46. The Bertz CT molecular complexity index is 329. The SMILES string of the molecule is CN1CC(F)CC1c1cccc(O)c1. The van der Waals surface area contributed by atoms with E-state index in [1.165, 1.54) is 0 Å². The Balaban J connectivity index is 2.23. The number of phenolic OH excluding ortho intramolecular Hbond substituents is 1. The van der Waals surface area contributed by atoms with Crippen molar-refractivity contribution in [2.24, 2.45) is 0 Å². The van der Waals surface area contributed by atoms with Crippen LogP contribution in [0.4, 0.5) is 4.39 Å². The summed E-state index contributed by atoms with van der Waals surface area (Å²) in [6, 6.07) is 7.17. The molecular formula is C11H14FNO. The first-order valence-electron chi connectivity index (χ1n) is 4.80. The number of hydrogen-bond donors (Lipinski definition) is 1. The maximum absolute atomic E-state index is 13.1. The highest BCUT2D eigenvalue weighted by Crippen LogP contribution is 2.33. The van der Waals surface area contributed by atoms with Gasteiger partial charge in [0.2, 0.25) is 0 Å². The summed E-state index contributed by atoms with van der Waals surface area (Å²) in [6.45, 7) is 0.486. The molecule has 0 bridgehead atoms. The molecule has 76 valence electrons. The van der Waals surface area contributed by atoms with Gasteiger partial charge >= 0.3 is 0 Å². The maximum atomic E-state index is 13.1. The molecule has 1 heterocycles. The summed E-state index contributed by atoms with van der Waals surface area (Å²) in [7, 11) is 1.91. The van der Waals surface area contributed by atoms with Crippen LogP contribution >= 0.6 is 0 Å². The summed E-state index contributed by atoms with van der Waals surface area (Å²) < 4.78 is 13.1. The van der Waals surface area contributed by atoms with E-state index in [0.29, 0.717) is 13.0 Å². The third-order valence-electron chi connectivity index (χ3n) is 2.75. The van der Waals surface area contributed by atoms with Gasteiger partial charge in [-0.25, -0.2) is 4.39 Å². The van der Waals surface area contributed by atoms with Crippen LogP contribution in [0.3, 0.4) is 0 Å². The smallest absolute Gasteiger partial charge is 0.115 e. The molecular weight excluding hydrogens is 181 g/mol. The third-order valence-corrected chi connectivity index (χ3v) is 2.75. The fourth-order valence-corrected chi connectivity index (χ4v) is 2.06. The largest absolute Gasteiger partial charge is 0.508 e. The van der Waals surface area contributed by atoms with Crippen LogP contribution in [0.5, 0.6) is 5.75 Å². The molecule has 2 unspecified atom stereocenters. The number of aromatic hydroxyl groups is 1. The van der Waals surface area contributed by atoms with Gasteiger partial charge in [-0.3, -0.25) is 4.90 Å². The summed E-state index contributed by atoms with van der Waals surface area (Å²) in [6.07, 6.45) is -0.215. The highest BCUT2D eigenvalue weighted by Gasteiger charge is 2.30. The fraction of sp³-hybridized carbons (Fsp3) is 0.455. The zero-order valence-electron chi connectivity index (χ0n) is 8.15. The molecule has 0 spiro atoms. The second-order valence-corrected chi connectivity index (χ2v) is 3.88. The second-order valence-electron chi connectivity index (χ2n) is 3.88. The summed E-state index contributed by atoms with van der Waals surface area (Å²) >= 11 is 0. The number of likely N-dealkylation sites (tertiary alicyclic amines) is 1. The molecule has 1 aromatic carbocycles. The summed E-state index contributed by atoms with van der Waals surface area (Å²) in [4.78, 5) is 1.99. The molecule has 1 aromatic rings. The molecule has 2 rings (SSSR count). The number of alkyl halides is 1. The molecule has 0 amide bonds. The van der Waals surface area contributed by atoms with Crippen LogP contribution in [0.25, 0.3) is 0 Å². The fourth-order valence-electron chi connectivity index (χ4n) is 2.06. The molecule has 2 nitrogen and oxygen atoms in total. The average molecular weight is 195 g/mol. The van der Waals surface area contributed by atoms with E-state index in [1.807, 2.05) is 18.0 Å². The Labute approximate surface area is 83.0 Å². The Morgan fingerprint density at radius 2 is 2.29 bits per heavy atom.